The van der Waals surface area contributed by atoms with Gasteiger partial charge in [0.2, 0.25) is 0 Å². The van der Waals surface area contributed by atoms with Gasteiger partial charge in [-0.3, -0.25) is 4.79 Å². The van der Waals surface area contributed by atoms with Crippen molar-refractivity contribution >= 4 is 17.7 Å². The molecule has 4 nitrogen and oxygen atoms in total. The summed E-state index contributed by atoms with van der Waals surface area (Å²) in [5.74, 6) is -0.833. The van der Waals surface area contributed by atoms with Crippen LogP contribution in [0.15, 0.2) is 0 Å². The number of carbonyl (C=O) groups is 1. The van der Waals surface area contributed by atoms with Crippen LogP contribution in [-0.2, 0) is 9.53 Å². The van der Waals surface area contributed by atoms with Gasteiger partial charge in [-0.2, -0.15) is 11.8 Å². The van der Waals surface area contributed by atoms with Crippen molar-refractivity contribution in [3.05, 3.63) is 0 Å². The van der Waals surface area contributed by atoms with Gasteiger partial charge < -0.3 is 14.9 Å². The van der Waals surface area contributed by atoms with Gasteiger partial charge in [0, 0.05) is 27.8 Å². The van der Waals surface area contributed by atoms with Crippen LogP contribution in [0.2, 0.25) is 0 Å². The molecule has 0 fully saturated rings. The first-order valence-corrected chi connectivity index (χ1v) is 5.22. The number of aliphatic hydroxyl groups excluding tert-OH is 1. The van der Waals surface area contributed by atoms with Gasteiger partial charge in [-0.05, 0) is 19.4 Å². The van der Waals surface area contributed by atoms with E-state index in [1.54, 1.807) is 32.9 Å². The lowest BCUT2D eigenvalue weighted by atomic mass is 10.9. The van der Waals surface area contributed by atoms with Gasteiger partial charge in [-0.1, -0.05) is 7.43 Å². The molecule has 0 aromatic rings. The Morgan fingerprint density at radius 1 is 1.36 bits per heavy atom. The molecule has 0 aliphatic heterocycles. The molecule has 0 spiro atoms. The molecule has 5 heteroatoms. The zero-order chi connectivity index (χ0) is 11.7. The lowest BCUT2D eigenvalue weighted by Gasteiger charge is -1.61. The van der Waals surface area contributed by atoms with Crippen LogP contribution in [0, 0.1) is 0 Å². The van der Waals surface area contributed by atoms with Crippen LogP contribution in [0.1, 0.15) is 21.3 Å². The molecule has 2 N–H and O–H groups in total. The molecule has 0 aliphatic carbocycles. The van der Waals surface area contributed by atoms with Crippen molar-refractivity contribution in [2.24, 2.45) is 0 Å². The van der Waals surface area contributed by atoms with Crippen molar-refractivity contribution in [2.45, 2.75) is 21.3 Å². The summed E-state index contributed by atoms with van der Waals surface area (Å²) in [6.45, 7) is 3.01. The minimum atomic E-state index is -0.833. The van der Waals surface area contributed by atoms with Gasteiger partial charge in [0.15, 0.2) is 0 Å². The second kappa shape index (κ2) is 53.3. The van der Waals surface area contributed by atoms with Crippen LogP contribution in [0.4, 0.5) is 0 Å². The van der Waals surface area contributed by atoms with Crippen molar-refractivity contribution in [3.63, 3.8) is 0 Å². The molecule has 0 aromatic carbocycles. The van der Waals surface area contributed by atoms with E-state index < -0.39 is 5.97 Å². The largest absolute Gasteiger partial charge is 0.481 e. The number of carboxylic acid groups (broad SMARTS) is 1. The Morgan fingerprint density at radius 3 is 1.36 bits per heavy atom. The number of aliphatic hydroxyl groups is 1. The fourth-order valence-corrected chi connectivity index (χ4v) is 0. The van der Waals surface area contributed by atoms with E-state index >= 15 is 0 Å². The third-order valence-corrected chi connectivity index (χ3v) is 0. The first-order chi connectivity index (χ1) is 5.97. The molecular formula is C9H26O4S. The molecule has 0 heterocycles. The van der Waals surface area contributed by atoms with Crippen molar-refractivity contribution in [2.75, 3.05) is 33.3 Å². The lowest BCUT2D eigenvalue weighted by Crippen LogP contribution is -1.78. The molecular weight excluding hydrogens is 204 g/mol. The second-order valence-electron chi connectivity index (χ2n) is 1.65. The maximum atomic E-state index is 9.00. The molecule has 0 saturated heterocycles. The van der Waals surface area contributed by atoms with Gasteiger partial charge >= 0.3 is 0 Å². The van der Waals surface area contributed by atoms with Crippen molar-refractivity contribution in [1.82, 2.24) is 0 Å². The van der Waals surface area contributed by atoms with E-state index in [2.05, 4.69) is 4.74 Å². The SMILES string of the molecule is C.CC(=O)O.CCO.COC.CSC. The predicted octanol–water partition coefficient (Wildman–Crippen LogP) is 1.97. The van der Waals surface area contributed by atoms with Gasteiger partial charge in [0.05, 0.1) is 0 Å². The molecule has 0 rings (SSSR count). The molecule has 0 saturated carbocycles. The molecule has 0 bridgehead atoms. The summed E-state index contributed by atoms with van der Waals surface area (Å²) in [6, 6.07) is 0. The Morgan fingerprint density at radius 2 is 1.36 bits per heavy atom. The highest BCUT2D eigenvalue weighted by Crippen LogP contribution is 1.70. The predicted molar refractivity (Wildman–Crippen MR) is 65.2 cm³/mol. The van der Waals surface area contributed by atoms with Crippen LogP contribution in [0.5, 0.6) is 0 Å². The normalized spacial score (nSPS) is 5.64. The fourth-order valence-electron chi connectivity index (χ4n) is 0. The standard InChI is InChI=1S/C2H4O2.2C2H6O.C2H6S.CH4/c1-2(3)4;1-3-2;1-2-3;1-3-2;/h1H3,(H,3,4);1-2H3;3H,2H2,1H3;1-2H3;1H4. The monoisotopic (exact) mass is 230 g/mol. The van der Waals surface area contributed by atoms with Gasteiger partial charge in [0.25, 0.3) is 5.97 Å². The molecule has 0 amide bonds. The summed E-state index contributed by atoms with van der Waals surface area (Å²) in [5.41, 5.74) is 0. The van der Waals surface area contributed by atoms with E-state index in [4.69, 9.17) is 15.0 Å². The average Bonchev–Trinajstić information content (AvgIpc) is 1.88. The van der Waals surface area contributed by atoms with E-state index in [-0.39, 0.29) is 14.0 Å². The topological polar surface area (TPSA) is 66.8 Å². The van der Waals surface area contributed by atoms with E-state index in [0.29, 0.717) is 0 Å². The Kier molecular flexibility index (Phi) is 111. The summed E-state index contributed by atoms with van der Waals surface area (Å²) >= 11 is 1.75. The summed E-state index contributed by atoms with van der Waals surface area (Å²) < 4.78 is 4.25. The van der Waals surface area contributed by atoms with Crippen LogP contribution in [-0.4, -0.2) is 49.5 Å². The number of ether oxygens (including phenoxy) is 1. The lowest BCUT2D eigenvalue weighted by molar-refractivity contribution is -0.134. The summed E-state index contributed by atoms with van der Waals surface area (Å²) in [7, 11) is 3.25. The Balaban J connectivity index is -0.0000000254. The van der Waals surface area contributed by atoms with Crippen molar-refractivity contribution in [1.29, 1.82) is 0 Å². The molecule has 0 radical (unpaired) electrons. The number of methoxy groups -OCH3 is 1. The van der Waals surface area contributed by atoms with Gasteiger partial charge in [-0.15, -0.1) is 0 Å². The number of hydrogen-bond acceptors (Lipinski definition) is 4. The number of hydrogen-bond donors (Lipinski definition) is 2. The highest BCUT2D eigenvalue weighted by Gasteiger charge is 1.65. The maximum absolute atomic E-state index is 9.00. The molecule has 0 unspecified atom stereocenters. The number of aliphatic carboxylic acids is 1. The first-order valence-electron chi connectivity index (χ1n) is 3.58. The minimum Gasteiger partial charge on any atom is -0.481 e. The maximum Gasteiger partial charge on any atom is 0.300 e. The summed E-state index contributed by atoms with van der Waals surface area (Å²) in [5, 5.41) is 15.0. The first kappa shape index (κ1) is 29.2. The number of rotatable bonds is 0. The third-order valence-electron chi connectivity index (χ3n) is 0. The van der Waals surface area contributed by atoms with Crippen molar-refractivity contribution < 1.29 is 19.7 Å². The molecule has 92 valence electrons. The average molecular weight is 230 g/mol. The number of carboxylic acids is 1. The minimum absolute atomic E-state index is 0. The molecule has 0 aliphatic rings. The highest BCUT2D eigenvalue weighted by molar-refractivity contribution is 7.97. The Bertz CT molecular complexity index is 61.1. The van der Waals surface area contributed by atoms with Crippen LogP contribution < -0.4 is 0 Å². The van der Waals surface area contributed by atoms with E-state index in [1.807, 2.05) is 12.5 Å². The van der Waals surface area contributed by atoms with Gasteiger partial charge in [0.1, 0.15) is 0 Å². The molecule has 0 atom stereocenters. The summed E-state index contributed by atoms with van der Waals surface area (Å²) in [4.78, 5) is 9.00. The quantitative estimate of drug-likeness (QED) is 0.666. The zero-order valence-corrected chi connectivity index (χ0v) is 10.1. The fraction of sp³-hybridized carbons (Fsp3) is 0.889. The van der Waals surface area contributed by atoms with Crippen LogP contribution in [0.3, 0.4) is 0 Å². The smallest absolute Gasteiger partial charge is 0.300 e. The van der Waals surface area contributed by atoms with Crippen LogP contribution in [0.25, 0.3) is 0 Å². The Labute approximate surface area is 92.7 Å². The highest BCUT2D eigenvalue weighted by atomic mass is 32.2. The van der Waals surface area contributed by atoms with E-state index in [1.165, 1.54) is 0 Å². The van der Waals surface area contributed by atoms with Crippen molar-refractivity contribution in [3.8, 4) is 0 Å². The Hall–Kier alpha value is -0.260. The van der Waals surface area contributed by atoms with Crippen LogP contribution >= 0.6 is 11.8 Å². The van der Waals surface area contributed by atoms with E-state index in [9.17, 15) is 0 Å². The second-order valence-corrected chi connectivity index (χ2v) is 2.47. The molecule has 14 heavy (non-hydrogen) atoms. The third kappa shape index (κ3) is 20000. The zero-order valence-electron chi connectivity index (χ0n) is 9.33. The van der Waals surface area contributed by atoms with E-state index in [0.717, 1.165) is 6.92 Å². The molecule has 0 aromatic heterocycles. The number of thioether (sulfide) groups is 1. The van der Waals surface area contributed by atoms with Gasteiger partial charge in [-0.25, -0.2) is 0 Å². The summed E-state index contributed by atoms with van der Waals surface area (Å²) in [6.07, 6.45) is 4.08.